The first-order chi connectivity index (χ1) is 9.72. The van der Waals surface area contributed by atoms with Crippen LogP contribution in [0.3, 0.4) is 0 Å². The molecule has 0 saturated carbocycles. The Hall–Kier alpha value is -1.06. The highest BCUT2D eigenvalue weighted by Crippen LogP contribution is 2.21. The van der Waals surface area contributed by atoms with Gasteiger partial charge < -0.3 is 10.1 Å². The molecule has 1 aliphatic heterocycles. The summed E-state index contributed by atoms with van der Waals surface area (Å²) in [6.07, 6.45) is 4.99. The molecule has 2 atom stereocenters. The number of para-hydroxylation sites is 1. The van der Waals surface area contributed by atoms with Crippen molar-refractivity contribution in [1.82, 2.24) is 10.2 Å². The monoisotopic (exact) mass is 276 g/mol. The largest absolute Gasteiger partial charge is 0.496 e. The molecule has 0 aliphatic carbocycles. The van der Waals surface area contributed by atoms with Gasteiger partial charge in [-0.3, -0.25) is 4.90 Å². The first kappa shape index (κ1) is 15.3. The third-order valence-corrected chi connectivity index (χ3v) is 4.50. The van der Waals surface area contributed by atoms with E-state index in [2.05, 4.69) is 42.4 Å². The van der Waals surface area contributed by atoms with Gasteiger partial charge in [0.15, 0.2) is 0 Å². The number of methoxy groups -OCH3 is 1. The molecule has 3 heteroatoms. The lowest BCUT2D eigenvalue weighted by atomic mass is 10.0. The minimum absolute atomic E-state index is 0.524. The maximum absolute atomic E-state index is 5.46. The number of nitrogens with zero attached hydrogens (tertiary/aromatic N) is 1. The van der Waals surface area contributed by atoms with E-state index in [0.29, 0.717) is 12.1 Å². The lowest BCUT2D eigenvalue weighted by molar-refractivity contribution is 0.174. The second-order valence-corrected chi connectivity index (χ2v) is 5.88. The Labute approximate surface area is 123 Å². The molecule has 1 aliphatic rings. The van der Waals surface area contributed by atoms with Crippen molar-refractivity contribution in [2.24, 2.45) is 0 Å². The topological polar surface area (TPSA) is 24.5 Å². The highest BCUT2D eigenvalue weighted by Gasteiger charge is 2.21. The number of hydrogen-bond donors (Lipinski definition) is 1. The van der Waals surface area contributed by atoms with Crippen molar-refractivity contribution in [1.29, 1.82) is 0 Å². The zero-order valence-corrected chi connectivity index (χ0v) is 13.1. The van der Waals surface area contributed by atoms with Crippen molar-refractivity contribution in [2.45, 2.75) is 44.7 Å². The predicted octanol–water partition coefficient (Wildman–Crippen LogP) is 2.70. The standard InChI is InChI=1S/C17H28N2O/c1-14(12-15-8-4-5-10-17(15)20-3)19(2)16-9-6-7-11-18-13-16/h4-5,8,10,14,16,18H,6-7,9,11-13H2,1-3H3. The van der Waals surface area contributed by atoms with Crippen molar-refractivity contribution in [3.8, 4) is 5.75 Å². The Kier molecular flexibility index (Phi) is 5.86. The van der Waals surface area contributed by atoms with Gasteiger partial charge in [0.1, 0.15) is 5.75 Å². The van der Waals surface area contributed by atoms with Gasteiger partial charge in [-0.05, 0) is 51.4 Å². The SMILES string of the molecule is COc1ccccc1CC(C)N(C)C1CCCCNC1. The summed E-state index contributed by atoms with van der Waals surface area (Å²) in [7, 11) is 4.01. The van der Waals surface area contributed by atoms with Gasteiger partial charge in [-0.15, -0.1) is 0 Å². The summed E-state index contributed by atoms with van der Waals surface area (Å²) in [6, 6.07) is 9.53. The third kappa shape index (κ3) is 3.97. The molecule has 2 rings (SSSR count). The smallest absolute Gasteiger partial charge is 0.122 e. The van der Waals surface area contributed by atoms with Crippen LogP contribution in [0.4, 0.5) is 0 Å². The molecular formula is C17H28N2O. The van der Waals surface area contributed by atoms with E-state index in [0.717, 1.165) is 18.7 Å². The normalized spacial score (nSPS) is 21.5. The van der Waals surface area contributed by atoms with Gasteiger partial charge in [-0.2, -0.15) is 0 Å². The van der Waals surface area contributed by atoms with Crippen molar-refractivity contribution >= 4 is 0 Å². The van der Waals surface area contributed by atoms with Crippen molar-refractivity contribution in [3.05, 3.63) is 29.8 Å². The molecule has 3 nitrogen and oxygen atoms in total. The van der Waals surface area contributed by atoms with E-state index in [1.54, 1.807) is 7.11 Å². The molecule has 1 aromatic carbocycles. The fraction of sp³-hybridized carbons (Fsp3) is 0.647. The van der Waals surface area contributed by atoms with Crippen LogP contribution >= 0.6 is 0 Å². The predicted molar refractivity (Wildman–Crippen MR) is 84.4 cm³/mol. The second-order valence-electron chi connectivity index (χ2n) is 5.88. The fourth-order valence-corrected chi connectivity index (χ4v) is 3.04. The molecule has 0 bridgehead atoms. The van der Waals surface area contributed by atoms with Crippen molar-refractivity contribution in [2.75, 3.05) is 27.2 Å². The van der Waals surface area contributed by atoms with Gasteiger partial charge in [0.05, 0.1) is 7.11 Å². The highest BCUT2D eigenvalue weighted by molar-refractivity contribution is 5.33. The molecular weight excluding hydrogens is 248 g/mol. The molecule has 0 radical (unpaired) electrons. The molecule has 0 amide bonds. The van der Waals surface area contributed by atoms with Crippen molar-refractivity contribution < 1.29 is 4.74 Å². The molecule has 0 spiro atoms. The summed E-state index contributed by atoms with van der Waals surface area (Å²) >= 11 is 0. The Morgan fingerprint density at radius 3 is 2.95 bits per heavy atom. The Morgan fingerprint density at radius 2 is 2.15 bits per heavy atom. The minimum atomic E-state index is 0.524. The van der Waals surface area contributed by atoms with Crippen LogP contribution in [0, 0.1) is 0 Å². The number of likely N-dealkylation sites (N-methyl/N-ethyl adjacent to an activating group) is 1. The molecule has 20 heavy (non-hydrogen) atoms. The average Bonchev–Trinajstić information content (AvgIpc) is 2.76. The maximum Gasteiger partial charge on any atom is 0.122 e. The van der Waals surface area contributed by atoms with Gasteiger partial charge in [0.25, 0.3) is 0 Å². The van der Waals surface area contributed by atoms with E-state index < -0.39 is 0 Å². The number of nitrogens with one attached hydrogen (secondary N) is 1. The lowest BCUT2D eigenvalue weighted by Gasteiger charge is -2.33. The zero-order valence-electron chi connectivity index (χ0n) is 13.1. The van der Waals surface area contributed by atoms with E-state index in [9.17, 15) is 0 Å². The molecule has 112 valence electrons. The van der Waals surface area contributed by atoms with Crippen LogP contribution in [-0.4, -0.2) is 44.2 Å². The molecule has 1 fully saturated rings. The van der Waals surface area contributed by atoms with Crippen LogP contribution in [0.5, 0.6) is 5.75 Å². The van der Waals surface area contributed by atoms with Crippen LogP contribution < -0.4 is 10.1 Å². The number of benzene rings is 1. The second kappa shape index (κ2) is 7.65. The molecule has 1 heterocycles. The summed E-state index contributed by atoms with van der Waals surface area (Å²) < 4.78 is 5.46. The quantitative estimate of drug-likeness (QED) is 0.895. The Morgan fingerprint density at radius 1 is 1.35 bits per heavy atom. The van der Waals surface area contributed by atoms with Gasteiger partial charge in [-0.1, -0.05) is 24.6 Å². The van der Waals surface area contributed by atoms with Gasteiger partial charge in [0, 0.05) is 18.6 Å². The minimum Gasteiger partial charge on any atom is -0.496 e. The highest BCUT2D eigenvalue weighted by atomic mass is 16.5. The van der Waals surface area contributed by atoms with Gasteiger partial charge in [-0.25, -0.2) is 0 Å². The van der Waals surface area contributed by atoms with E-state index in [4.69, 9.17) is 4.74 Å². The summed E-state index contributed by atoms with van der Waals surface area (Å²) in [4.78, 5) is 2.53. The lowest BCUT2D eigenvalue weighted by Crippen LogP contribution is -2.44. The molecule has 1 N–H and O–H groups in total. The van der Waals surface area contributed by atoms with Crippen LogP contribution in [0.25, 0.3) is 0 Å². The zero-order chi connectivity index (χ0) is 14.4. The number of hydrogen-bond acceptors (Lipinski definition) is 3. The molecule has 1 aromatic rings. The Bertz CT molecular complexity index is 400. The first-order valence-corrected chi connectivity index (χ1v) is 7.77. The average molecular weight is 276 g/mol. The molecule has 0 aromatic heterocycles. The summed E-state index contributed by atoms with van der Waals surface area (Å²) in [5, 5.41) is 3.55. The summed E-state index contributed by atoms with van der Waals surface area (Å²) in [6.45, 7) is 4.61. The number of rotatable bonds is 5. The maximum atomic E-state index is 5.46. The van der Waals surface area contributed by atoms with E-state index in [-0.39, 0.29) is 0 Å². The molecule has 2 unspecified atom stereocenters. The summed E-state index contributed by atoms with van der Waals surface area (Å²) in [5.41, 5.74) is 1.30. The van der Waals surface area contributed by atoms with Gasteiger partial charge >= 0.3 is 0 Å². The van der Waals surface area contributed by atoms with E-state index in [1.165, 1.54) is 31.4 Å². The molecule has 1 saturated heterocycles. The third-order valence-electron chi connectivity index (χ3n) is 4.50. The first-order valence-electron chi connectivity index (χ1n) is 7.77. The van der Waals surface area contributed by atoms with Gasteiger partial charge in [0.2, 0.25) is 0 Å². The van der Waals surface area contributed by atoms with E-state index >= 15 is 0 Å². The van der Waals surface area contributed by atoms with Crippen LogP contribution in [0.2, 0.25) is 0 Å². The van der Waals surface area contributed by atoms with Crippen molar-refractivity contribution in [3.63, 3.8) is 0 Å². The van der Waals surface area contributed by atoms with Crippen LogP contribution in [-0.2, 0) is 6.42 Å². The fourth-order valence-electron chi connectivity index (χ4n) is 3.04. The van der Waals surface area contributed by atoms with Crippen LogP contribution in [0.15, 0.2) is 24.3 Å². The number of ether oxygens (including phenoxy) is 1. The summed E-state index contributed by atoms with van der Waals surface area (Å²) in [5.74, 6) is 1.01. The Balaban J connectivity index is 1.97. The van der Waals surface area contributed by atoms with E-state index in [1.807, 2.05) is 6.07 Å². The van der Waals surface area contributed by atoms with Crippen LogP contribution in [0.1, 0.15) is 31.7 Å².